The fourth-order valence-corrected chi connectivity index (χ4v) is 9.57. The Morgan fingerprint density at radius 3 is 2.47 bits per heavy atom. The van der Waals surface area contributed by atoms with Crippen molar-refractivity contribution in [3.05, 3.63) is 11.6 Å². The molecule has 4 rings (SSSR count). The van der Waals surface area contributed by atoms with Crippen LogP contribution in [-0.2, 0) is 4.79 Å². The van der Waals surface area contributed by atoms with Gasteiger partial charge in [-0.05, 0) is 97.7 Å². The standard InChI is InChI=1S/C33H58N2O/c1-23(2)10-9-11-24(3)28-14-15-29-27-13-12-26-22-25(31(36)34-20-21-35(6,7)8)16-18-32(26,4)30(27)17-19-33(28,29)5/h12,23-25,27-30H,9-11,13-22H2,1-8H3/p+1. The lowest BCUT2D eigenvalue weighted by molar-refractivity contribution is -0.869. The molecule has 4 aliphatic rings. The maximum absolute atomic E-state index is 13.0. The van der Waals surface area contributed by atoms with Gasteiger partial charge in [-0.15, -0.1) is 0 Å². The lowest BCUT2D eigenvalue weighted by Crippen LogP contribution is -2.51. The summed E-state index contributed by atoms with van der Waals surface area (Å²) < 4.78 is 0.898. The molecule has 0 spiro atoms. The van der Waals surface area contributed by atoms with Crippen LogP contribution in [0.1, 0.15) is 105 Å². The number of nitrogens with one attached hydrogen (secondary N) is 1. The number of quaternary nitrogens is 1. The van der Waals surface area contributed by atoms with E-state index in [1.54, 1.807) is 5.57 Å². The largest absolute Gasteiger partial charge is 0.350 e. The number of fused-ring (bicyclic) bond motifs is 5. The summed E-state index contributed by atoms with van der Waals surface area (Å²) in [5.41, 5.74) is 2.54. The van der Waals surface area contributed by atoms with E-state index in [0.29, 0.717) is 16.7 Å². The van der Waals surface area contributed by atoms with Gasteiger partial charge in [-0.2, -0.15) is 0 Å². The SMILES string of the molecule is CC(C)CCCC(C)C1CCC2C3CC=C4CC(C(=O)NCC[N+](C)(C)C)CCC4(C)C3CCC12C. The third kappa shape index (κ3) is 5.62. The van der Waals surface area contributed by atoms with E-state index in [2.05, 4.69) is 67.2 Å². The van der Waals surface area contributed by atoms with E-state index in [-0.39, 0.29) is 5.92 Å². The number of allylic oxidation sites excluding steroid dienone is 2. The van der Waals surface area contributed by atoms with Crippen molar-refractivity contribution in [2.45, 2.75) is 105 Å². The summed E-state index contributed by atoms with van der Waals surface area (Å²) in [6, 6.07) is 0. The lowest BCUT2D eigenvalue weighted by atomic mass is 9.46. The minimum absolute atomic E-state index is 0.185. The van der Waals surface area contributed by atoms with E-state index in [9.17, 15) is 4.79 Å². The van der Waals surface area contributed by atoms with Gasteiger partial charge in [0.25, 0.3) is 0 Å². The molecule has 0 aliphatic heterocycles. The monoisotopic (exact) mass is 499 g/mol. The zero-order valence-electron chi connectivity index (χ0n) is 25.2. The number of likely N-dealkylation sites (N-methyl/N-ethyl adjacent to an activating group) is 1. The average Bonchev–Trinajstić information content (AvgIpc) is 3.14. The van der Waals surface area contributed by atoms with Crippen LogP contribution in [0.15, 0.2) is 11.6 Å². The normalized spacial score (nSPS) is 39.1. The number of carbonyl (C=O) groups is 1. The van der Waals surface area contributed by atoms with Crippen LogP contribution in [-0.4, -0.2) is 44.6 Å². The quantitative estimate of drug-likeness (QED) is 0.259. The second-order valence-electron chi connectivity index (χ2n) is 15.5. The zero-order valence-corrected chi connectivity index (χ0v) is 25.2. The first-order valence-electron chi connectivity index (χ1n) is 15.6. The van der Waals surface area contributed by atoms with Gasteiger partial charge >= 0.3 is 0 Å². The van der Waals surface area contributed by atoms with Gasteiger partial charge in [0.05, 0.1) is 34.2 Å². The number of nitrogens with zero attached hydrogens (tertiary/aromatic N) is 1. The number of hydrogen-bond donors (Lipinski definition) is 1. The molecule has 3 saturated carbocycles. The molecule has 0 aromatic carbocycles. The van der Waals surface area contributed by atoms with Crippen LogP contribution in [0.3, 0.4) is 0 Å². The summed E-state index contributed by atoms with van der Waals surface area (Å²) in [5, 5.41) is 3.26. The van der Waals surface area contributed by atoms with E-state index in [1.165, 1.54) is 57.8 Å². The van der Waals surface area contributed by atoms with Crippen molar-refractivity contribution < 1.29 is 9.28 Å². The first-order chi connectivity index (χ1) is 16.8. The molecule has 36 heavy (non-hydrogen) atoms. The molecule has 0 aromatic rings. The van der Waals surface area contributed by atoms with E-state index < -0.39 is 0 Å². The van der Waals surface area contributed by atoms with Crippen LogP contribution >= 0.6 is 0 Å². The van der Waals surface area contributed by atoms with Crippen LogP contribution in [0.2, 0.25) is 0 Å². The van der Waals surface area contributed by atoms with Crippen molar-refractivity contribution in [3.63, 3.8) is 0 Å². The average molecular weight is 500 g/mol. The first kappa shape index (κ1) is 28.2. The molecule has 0 radical (unpaired) electrons. The summed E-state index contributed by atoms with van der Waals surface area (Å²) in [4.78, 5) is 13.0. The Labute approximate surface area is 223 Å². The van der Waals surface area contributed by atoms with Crippen LogP contribution < -0.4 is 5.32 Å². The second kappa shape index (κ2) is 10.7. The predicted octanol–water partition coefficient (Wildman–Crippen LogP) is 7.47. The van der Waals surface area contributed by atoms with E-state index in [4.69, 9.17) is 0 Å². The Hall–Kier alpha value is -0.830. The van der Waals surface area contributed by atoms with Gasteiger partial charge in [0.1, 0.15) is 0 Å². The third-order valence-electron chi connectivity index (χ3n) is 11.8. The number of amides is 1. The topological polar surface area (TPSA) is 29.1 Å². The molecule has 8 atom stereocenters. The lowest BCUT2D eigenvalue weighted by Gasteiger charge is -2.58. The van der Waals surface area contributed by atoms with Crippen LogP contribution in [0.5, 0.6) is 0 Å². The van der Waals surface area contributed by atoms with Gasteiger partial charge in [-0.1, -0.05) is 65.5 Å². The summed E-state index contributed by atoms with van der Waals surface area (Å²) >= 11 is 0. The van der Waals surface area contributed by atoms with E-state index in [1.807, 2.05) is 0 Å². The minimum Gasteiger partial charge on any atom is -0.350 e. The Balaban J connectivity index is 1.40. The maximum atomic E-state index is 13.0. The molecule has 0 aromatic heterocycles. The molecular weight excluding hydrogens is 440 g/mol. The molecule has 3 fully saturated rings. The van der Waals surface area contributed by atoms with Gasteiger partial charge in [0.15, 0.2) is 0 Å². The highest BCUT2D eigenvalue weighted by Crippen LogP contribution is 2.67. The first-order valence-corrected chi connectivity index (χ1v) is 15.6. The zero-order chi connectivity index (χ0) is 26.3. The summed E-state index contributed by atoms with van der Waals surface area (Å²) in [6.07, 6.45) is 17.2. The third-order valence-corrected chi connectivity index (χ3v) is 11.8. The fourth-order valence-electron chi connectivity index (χ4n) is 9.57. The molecule has 0 heterocycles. The van der Waals surface area contributed by atoms with Crippen molar-refractivity contribution in [2.75, 3.05) is 34.2 Å². The molecule has 0 bridgehead atoms. The number of carbonyl (C=O) groups excluding carboxylic acids is 1. The van der Waals surface area contributed by atoms with Crippen LogP contribution in [0, 0.1) is 52.3 Å². The fraction of sp³-hybridized carbons (Fsp3) is 0.909. The Morgan fingerprint density at radius 2 is 1.78 bits per heavy atom. The van der Waals surface area contributed by atoms with Gasteiger partial charge in [0.2, 0.25) is 5.91 Å². The highest BCUT2D eigenvalue weighted by atomic mass is 16.1. The predicted molar refractivity (Wildman–Crippen MR) is 152 cm³/mol. The maximum Gasteiger partial charge on any atom is 0.223 e. The molecule has 3 heteroatoms. The Morgan fingerprint density at radius 1 is 1.03 bits per heavy atom. The van der Waals surface area contributed by atoms with Gasteiger partial charge in [0, 0.05) is 5.92 Å². The minimum atomic E-state index is 0.185. The molecule has 4 aliphatic carbocycles. The highest BCUT2D eigenvalue weighted by molar-refractivity contribution is 5.79. The van der Waals surface area contributed by atoms with Crippen molar-refractivity contribution in [1.82, 2.24) is 5.32 Å². The van der Waals surface area contributed by atoms with E-state index in [0.717, 1.165) is 65.9 Å². The molecule has 0 saturated heterocycles. The van der Waals surface area contributed by atoms with Crippen molar-refractivity contribution in [1.29, 1.82) is 0 Å². The van der Waals surface area contributed by atoms with E-state index >= 15 is 0 Å². The van der Waals surface area contributed by atoms with Gasteiger partial charge in [-0.3, -0.25) is 4.79 Å². The van der Waals surface area contributed by atoms with Gasteiger partial charge in [-0.25, -0.2) is 0 Å². The number of rotatable bonds is 9. The highest BCUT2D eigenvalue weighted by Gasteiger charge is 2.59. The van der Waals surface area contributed by atoms with Crippen molar-refractivity contribution in [2.24, 2.45) is 52.3 Å². The smallest absolute Gasteiger partial charge is 0.223 e. The molecule has 206 valence electrons. The van der Waals surface area contributed by atoms with Crippen LogP contribution in [0.25, 0.3) is 0 Å². The summed E-state index contributed by atoms with van der Waals surface area (Å²) in [6.45, 7) is 14.4. The van der Waals surface area contributed by atoms with Crippen molar-refractivity contribution in [3.8, 4) is 0 Å². The van der Waals surface area contributed by atoms with Crippen molar-refractivity contribution >= 4 is 5.91 Å². The Bertz CT molecular complexity index is 809. The molecule has 3 nitrogen and oxygen atoms in total. The Kier molecular flexibility index (Phi) is 8.41. The molecule has 1 N–H and O–H groups in total. The second-order valence-corrected chi connectivity index (χ2v) is 15.5. The molecular formula is C33H59N2O+. The number of hydrogen-bond acceptors (Lipinski definition) is 1. The van der Waals surface area contributed by atoms with Gasteiger partial charge < -0.3 is 9.80 Å². The summed E-state index contributed by atoms with van der Waals surface area (Å²) in [7, 11) is 6.57. The summed E-state index contributed by atoms with van der Waals surface area (Å²) in [5.74, 6) is 5.77. The van der Waals surface area contributed by atoms with Crippen LogP contribution in [0.4, 0.5) is 0 Å². The molecule has 8 unspecified atom stereocenters. The molecule has 1 amide bonds.